The molecule has 1 heterocycles. The molecule has 0 unspecified atom stereocenters. The average molecular weight is 404 g/mol. The van der Waals surface area contributed by atoms with Crippen molar-refractivity contribution < 1.29 is 13.6 Å². The number of carbonyl (C=O) groups is 1. The Morgan fingerprint density at radius 3 is 2.63 bits per heavy atom. The summed E-state index contributed by atoms with van der Waals surface area (Å²) in [6.45, 7) is 0. The van der Waals surface area contributed by atoms with Gasteiger partial charge in [0.25, 0.3) is 5.91 Å². The van der Waals surface area contributed by atoms with Crippen LogP contribution >= 0.6 is 23.3 Å². The zero-order chi connectivity index (χ0) is 18.8. The Labute approximate surface area is 162 Å². The quantitative estimate of drug-likeness (QED) is 0.593. The molecule has 9 heteroatoms. The van der Waals surface area contributed by atoms with E-state index in [-0.39, 0.29) is 16.5 Å². The lowest BCUT2D eigenvalue weighted by Gasteiger charge is -2.06. The van der Waals surface area contributed by atoms with Gasteiger partial charge in [0.2, 0.25) is 5.13 Å². The fourth-order valence-electron chi connectivity index (χ4n) is 2.24. The Bertz CT molecular complexity index is 974. The molecule has 0 atom stereocenters. The predicted octanol–water partition coefficient (Wildman–Crippen LogP) is 4.49. The maximum atomic E-state index is 14.1. The lowest BCUT2D eigenvalue weighted by molar-refractivity contribution is 0.102. The van der Waals surface area contributed by atoms with E-state index in [4.69, 9.17) is 0 Å². The van der Waals surface area contributed by atoms with Crippen LogP contribution in [0, 0.1) is 11.6 Å². The number of nitrogens with zero attached hydrogens (tertiary/aromatic N) is 2. The van der Waals surface area contributed by atoms with E-state index in [1.807, 2.05) is 0 Å². The Hall–Kier alpha value is -2.36. The van der Waals surface area contributed by atoms with E-state index in [1.54, 1.807) is 18.2 Å². The summed E-state index contributed by atoms with van der Waals surface area (Å²) in [5.41, 5.74) is 0.626. The lowest BCUT2D eigenvalue weighted by Crippen LogP contribution is -2.14. The zero-order valence-electron chi connectivity index (χ0n) is 13.9. The normalized spacial score (nSPS) is 13.6. The minimum Gasteiger partial charge on any atom is -0.296 e. The van der Waals surface area contributed by atoms with Crippen molar-refractivity contribution in [2.24, 2.45) is 0 Å². The van der Waals surface area contributed by atoms with Gasteiger partial charge in [-0.2, -0.15) is 0 Å². The number of aromatic nitrogens is 2. The molecule has 1 saturated carbocycles. The molecule has 0 aliphatic heterocycles. The lowest BCUT2D eigenvalue weighted by atomic mass is 10.2. The molecular weight excluding hydrogens is 390 g/mol. The van der Waals surface area contributed by atoms with E-state index in [2.05, 4.69) is 20.2 Å². The minimum atomic E-state index is -0.605. The van der Waals surface area contributed by atoms with Crippen LogP contribution < -0.4 is 10.0 Å². The first-order valence-corrected chi connectivity index (χ1v) is 9.84. The van der Waals surface area contributed by atoms with E-state index in [1.165, 1.54) is 36.2 Å². The van der Waals surface area contributed by atoms with Gasteiger partial charge in [0.05, 0.1) is 5.56 Å². The second-order valence-electron chi connectivity index (χ2n) is 6.01. The third-order valence-electron chi connectivity index (χ3n) is 3.84. The molecule has 4 rings (SSSR count). The first-order valence-electron chi connectivity index (χ1n) is 8.21. The average Bonchev–Trinajstić information content (AvgIpc) is 3.39. The molecule has 0 bridgehead atoms. The summed E-state index contributed by atoms with van der Waals surface area (Å²) in [7, 11) is 0. The maximum Gasteiger partial charge on any atom is 0.260 e. The predicted molar refractivity (Wildman–Crippen MR) is 102 cm³/mol. The van der Waals surface area contributed by atoms with E-state index < -0.39 is 11.7 Å². The van der Waals surface area contributed by atoms with Crippen molar-refractivity contribution in [1.82, 2.24) is 14.9 Å². The summed E-state index contributed by atoms with van der Waals surface area (Å²) in [4.78, 5) is 13.2. The van der Waals surface area contributed by atoms with Crippen LogP contribution in [-0.4, -0.2) is 22.1 Å². The van der Waals surface area contributed by atoms with E-state index in [9.17, 15) is 13.6 Å². The monoisotopic (exact) mass is 404 g/mol. The van der Waals surface area contributed by atoms with Gasteiger partial charge < -0.3 is 0 Å². The van der Waals surface area contributed by atoms with E-state index in [0.717, 1.165) is 29.1 Å². The smallest absolute Gasteiger partial charge is 0.260 e. The van der Waals surface area contributed by atoms with E-state index >= 15 is 0 Å². The summed E-state index contributed by atoms with van der Waals surface area (Å²) in [5, 5.41) is 11.2. The molecule has 0 spiro atoms. The van der Waals surface area contributed by atoms with Crippen LogP contribution in [0.2, 0.25) is 0 Å². The molecular formula is C18H14F2N4OS2. The number of hydrogen-bond donors (Lipinski definition) is 2. The second-order valence-corrected chi connectivity index (χ2v) is 7.90. The largest absolute Gasteiger partial charge is 0.296 e. The molecule has 1 fully saturated rings. The van der Waals surface area contributed by atoms with Crippen molar-refractivity contribution in [3.05, 3.63) is 59.7 Å². The summed E-state index contributed by atoms with van der Waals surface area (Å²) < 4.78 is 30.3. The van der Waals surface area contributed by atoms with Gasteiger partial charge in [-0.15, -0.1) is 10.2 Å². The molecule has 138 valence electrons. The van der Waals surface area contributed by atoms with E-state index in [0.29, 0.717) is 16.6 Å². The standard InChI is InChI=1S/C18H14F2N4OS2/c19-11-3-1-10(2-4-11)17-22-23-18(26-17)21-16(25)14-9-13(7-8-15(14)20)27-24-12-5-6-12/h1-4,7-9,12,24H,5-6H2,(H,21,23,25). The number of nitrogens with one attached hydrogen (secondary N) is 2. The van der Waals surface area contributed by atoms with Crippen molar-refractivity contribution in [2.75, 3.05) is 5.32 Å². The Morgan fingerprint density at radius 2 is 1.89 bits per heavy atom. The molecule has 1 aliphatic rings. The van der Waals surface area contributed by atoms with Gasteiger partial charge >= 0.3 is 0 Å². The van der Waals surface area contributed by atoms with Crippen molar-refractivity contribution in [3.8, 4) is 10.6 Å². The first kappa shape index (κ1) is 18.0. The van der Waals surface area contributed by atoms with Crippen LogP contribution in [0.15, 0.2) is 47.4 Å². The van der Waals surface area contributed by atoms with Gasteiger partial charge in [-0.05, 0) is 67.3 Å². The van der Waals surface area contributed by atoms with Gasteiger partial charge in [0, 0.05) is 16.5 Å². The topological polar surface area (TPSA) is 66.9 Å². The number of hydrogen-bond acceptors (Lipinski definition) is 6. The number of halogens is 2. The third kappa shape index (κ3) is 4.49. The highest BCUT2D eigenvalue weighted by atomic mass is 32.2. The summed E-state index contributed by atoms with van der Waals surface area (Å²) >= 11 is 2.52. The van der Waals surface area contributed by atoms with Crippen LogP contribution in [0.4, 0.5) is 13.9 Å². The van der Waals surface area contributed by atoms with Crippen LogP contribution in [0.1, 0.15) is 23.2 Å². The number of benzene rings is 2. The maximum absolute atomic E-state index is 14.1. The number of amides is 1. The van der Waals surface area contributed by atoms with Crippen LogP contribution in [-0.2, 0) is 0 Å². The van der Waals surface area contributed by atoms with Crippen molar-refractivity contribution in [2.45, 2.75) is 23.8 Å². The van der Waals surface area contributed by atoms with Gasteiger partial charge in [-0.25, -0.2) is 8.78 Å². The minimum absolute atomic E-state index is 0.0591. The fraction of sp³-hybridized carbons (Fsp3) is 0.167. The highest BCUT2D eigenvalue weighted by molar-refractivity contribution is 7.97. The second kappa shape index (κ2) is 7.71. The number of rotatable bonds is 6. The molecule has 27 heavy (non-hydrogen) atoms. The molecule has 0 saturated heterocycles. The molecule has 1 aromatic heterocycles. The highest BCUT2D eigenvalue weighted by Gasteiger charge is 2.21. The molecule has 3 aromatic rings. The van der Waals surface area contributed by atoms with Gasteiger partial charge in [0.1, 0.15) is 16.6 Å². The van der Waals surface area contributed by atoms with Gasteiger partial charge in [-0.1, -0.05) is 11.3 Å². The van der Waals surface area contributed by atoms with Crippen LogP contribution in [0.25, 0.3) is 10.6 Å². The Balaban J connectivity index is 1.47. The van der Waals surface area contributed by atoms with Gasteiger partial charge in [-0.3, -0.25) is 14.8 Å². The van der Waals surface area contributed by atoms with Crippen molar-refractivity contribution >= 4 is 34.3 Å². The summed E-state index contributed by atoms with van der Waals surface area (Å²) in [6, 6.07) is 10.7. The molecule has 5 nitrogen and oxygen atoms in total. The summed E-state index contributed by atoms with van der Waals surface area (Å²) in [5.74, 6) is -1.55. The first-order chi connectivity index (χ1) is 13.1. The summed E-state index contributed by atoms with van der Waals surface area (Å²) in [6.07, 6.45) is 2.27. The Morgan fingerprint density at radius 1 is 1.11 bits per heavy atom. The molecule has 1 amide bonds. The van der Waals surface area contributed by atoms with Crippen molar-refractivity contribution in [3.63, 3.8) is 0 Å². The van der Waals surface area contributed by atoms with Crippen molar-refractivity contribution in [1.29, 1.82) is 0 Å². The molecule has 2 aromatic carbocycles. The number of anilines is 1. The fourth-order valence-corrected chi connectivity index (χ4v) is 3.84. The zero-order valence-corrected chi connectivity index (χ0v) is 15.5. The Kier molecular flexibility index (Phi) is 5.15. The van der Waals surface area contributed by atoms with Gasteiger partial charge in [0.15, 0.2) is 0 Å². The third-order valence-corrected chi connectivity index (χ3v) is 5.67. The van der Waals surface area contributed by atoms with Crippen LogP contribution in [0.5, 0.6) is 0 Å². The molecule has 1 aliphatic carbocycles. The SMILES string of the molecule is O=C(Nc1nnc(-c2ccc(F)cc2)s1)c1cc(SNC2CC2)ccc1F. The molecule has 2 N–H and O–H groups in total. The van der Waals surface area contributed by atoms with Crippen LogP contribution in [0.3, 0.4) is 0 Å². The molecule has 0 radical (unpaired) electrons. The highest BCUT2D eigenvalue weighted by Crippen LogP contribution is 2.28. The number of carbonyl (C=O) groups excluding carboxylic acids is 1.